The van der Waals surface area contributed by atoms with E-state index in [0.29, 0.717) is 17.5 Å². The summed E-state index contributed by atoms with van der Waals surface area (Å²) in [5.74, 6) is 1.17. The van der Waals surface area contributed by atoms with Crippen LogP contribution in [-0.4, -0.2) is 15.0 Å². The summed E-state index contributed by atoms with van der Waals surface area (Å²) < 4.78 is 27.2. The molecule has 0 aliphatic heterocycles. The predicted molar refractivity (Wildman–Crippen MR) is 82.2 cm³/mol. The van der Waals surface area contributed by atoms with E-state index in [1.807, 2.05) is 0 Å². The summed E-state index contributed by atoms with van der Waals surface area (Å²) in [4.78, 5) is 0.0641. The van der Waals surface area contributed by atoms with Gasteiger partial charge in [-0.2, -0.15) is 0 Å². The van der Waals surface area contributed by atoms with Crippen molar-refractivity contribution in [2.75, 3.05) is 12.3 Å². The molecule has 3 N–H and O–H groups in total. The monoisotopic (exact) mass is 316 g/mol. The SMILES string of the molecule is CC1CCC(CNS(=O)(=O)c2cc(Cl)ccc2N)CC1. The van der Waals surface area contributed by atoms with Crippen molar-refractivity contribution in [3.8, 4) is 0 Å². The molecule has 1 saturated carbocycles. The fourth-order valence-electron chi connectivity index (χ4n) is 2.58. The Morgan fingerprint density at radius 2 is 1.95 bits per heavy atom. The van der Waals surface area contributed by atoms with Crippen molar-refractivity contribution < 1.29 is 8.42 Å². The molecule has 4 nitrogen and oxygen atoms in total. The van der Waals surface area contributed by atoms with E-state index < -0.39 is 10.0 Å². The Balaban J connectivity index is 2.02. The van der Waals surface area contributed by atoms with E-state index in [1.165, 1.54) is 25.0 Å². The van der Waals surface area contributed by atoms with Crippen molar-refractivity contribution in [3.05, 3.63) is 23.2 Å². The molecule has 1 aromatic carbocycles. The molecule has 0 atom stereocenters. The summed E-state index contributed by atoms with van der Waals surface area (Å²) in [6.45, 7) is 2.72. The van der Waals surface area contributed by atoms with E-state index in [9.17, 15) is 8.42 Å². The van der Waals surface area contributed by atoms with E-state index in [4.69, 9.17) is 17.3 Å². The Morgan fingerprint density at radius 1 is 1.30 bits per heavy atom. The molecule has 1 aliphatic carbocycles. The zero-order valence-corrected chi connectivity index (χ0v) is 13.2. The Bertz CT molecular complexity index is 567. The standard InChI is InChI=1S/C14H21ClN2O2S/c1-10-2-4-11(5-3-10)9-17-20(18,19)14-8-12(15)6-7-13(14)16/h6-8,10-11,17H,2-5,9,16H2,1H3. The second kappa shape index (κ2) is 6.33. The molecule has 0 amide bonds. The van der Waals surface area contributed by atoms with Crippen LogP contribution in [0.5, 0.6) is 0 Å². The van der Waals surface area contributed by atoms with Crippen LogP contribution in [0, 0.1) is 11.8 Å². The molecular weight excluding hydrogens is 296 g/mol. The molecule has 0 aromatic heterocycles. The van der Waals surface area contributed by atoms with Gasteiger partial charge in [0.1, 0.15) is 4.90 Å². The molecule has 112 valence electrons. The predicted octanol–water partition coefficient (Wildman–Crippen LogP) is 3.03. The normalized spacial score (nSPS) is 23.7. The number of hydrogen-bond acceptors (Lipinski definition) is 3. The van der Waals surface area contributed by atoms with Crippen molar-refractivity contribution in [2.45, 2.75) is 37.5 Å². The van der Waals surface area contributed by atoms with Crippen LogP contribution in [0.4, 0.5) is 5.69 Å². The molecule has 0 radical (unpaired) electrons. The van der Waals surface area contributed by atoms with Gasteiger partial charge in [0.25, 0.3) is 0 Å². The maximum absolute atomic E-state index is 12.3. The average Bonchev–Trinajstić information content (AvgIpc) is 2.41. The third-order valence-electron chi connectivity index (χ3n) is 3.96. The number of nitrogen functional groups attached to an aromatic ring is 1. The van der Waals surface area contributed by atoms with Crippen molar-refractivity contribution in [3.63, 3.8) is 0 Å². The molecular formula is C14H21ClN2O2S. The quantitative estimate of drug-likeness (QED) is 0.839. The lowest BCUT2D eigenvalue weighted by atomic mass is 9.83. The lowest BCUT2D eigenvalue weighted by Crippen LogP contribution is -2.31. The zero-order valence-electron chi connectivity index (χ0n) is 11.6. The highest BCUT2D eigenvalue weighted by Crippen LogP contribution is 2.28. The van der Waals surface area contributed by atoms with E-state index in [-0.39, 0.29) is 10.6 Å². The molecule has 2 rings (SSSR count). The maximum atomic E-state index is 12.3. The van der Waals surface area contributed by atoms with Gasteiger partial charge in [-0.1, -0.05) is 31.4 Å². The van der Waals surface area contributed by atoms with Gasteiger partial charge in [-0.3, -0.25) is 0 Å². The second-order valence-corrected chi connectivity index (χ2v) is 7.83. The Labute approximate surface area is 125 Å². The molecule has 1 fully saturated rings. The summed E-state index contributed by atoms with van der Waals surface area (Å²) in [5, 5.41) is 0.367. The van der Waals surface area contributed by atoms with Gasteiger partial charge in [-0.25, -0.2) is 13.1 Å². The van der Waals surface area contributed by atoms with Crippen LogP contribution in [-0.2, 0) is 10.0 Å². The first-order chi connectivity index (χ1) is 9.38. The summed E-state index contributed by atoms with van der Waals surface area (Å²) in [6, 6.07) is 4.49. The second-order valence-electron chi connectivity index (χ2n) is 5.66. The lowest BCUT2D eigenvalue weighted by Gasteiger charge is -2.26. The molecule has 20 heavy (non-hydrogen) atoms. The molecule has 0 bridgehead atoms. The van der Waals surface area contributed by atoms with E-state index >= 15 is 0 Å². The van der Waals surface area contributed by atoms with Crippen LogP contribution in [0.25, 0.3) is 0 Å². The third kappa shape index (κ3) is 3.87. The number of halogens is 1. The highest BCUT2D eigenvalue weighted by atomic mass is 35.5. The molecule has 0 saturated heterocycles. The minimum atomic E-state index is -3.59. The number of nitrogens with two attached hydrogens (primary N) is 1. The van der Waals surface area contributed by atoms with Gasteiger partial charge in [-0.05, 0) is 42.9 Å². The molecule has 1 aliphatic rings. The summed E-state index contributed by atoms with van der Waals surface area (Å²) in [6.07, 6.45) is 4.50. The number of anilines is 1. The van der Waals surface area contributed by atoms with Crippen molar-refractivity contribution in [1.82, 2.24) is 4.72 Å². The first-order valence-corrected chi connectivity index (χ1v) is 8.79. The van der Waals surface area contributed by atoms with Gasteiger partial charge in [0.15, 0.2) is 0 Å². The molecule has 0 heterocycles. The smallest absolute Gasteiger partial charge is 0.242 e. The fraction of sp³-hybridized carbons (Fsp3) is 0.571. The van der Waals surface area contributed by atoms with E-state index in [0.717, 1.165) is 18.8 Å². The number of sulfonamides is 1. The van der Waals surface area contributed by atoms with Crippen LogP contribution < -0.4 is 10.5 Å². The third-order valence-corrected chi connectivity index (χ3v) is 5.68. The fourth-order valence-corrected chi connectivity index (χ4v) is 4.09. The minimum Gasteiger partial charge on any atom is -0.398 e. The van der Waals surface area contributed by atoms with Crippen molar-refractivity contribution >= 4 is 27.3 Å². The van der Waals surface area contributed by atoms with Crippen molar-refractivity contribution in [1.29, 1.82) is 0 Å². The average molecular weight is 317 g/mol. The first kappa shape index (κ1) is 15.6. The Morgan fingerprint density at radius 3 is 2.60 bits per heavy atom. The molecule has 0 unspecified atom stereocenters. The van der Waals surface area contributed by atoms with Crippen LogP contribution in [0.15, 0.2) is 23.1 Å². The lowest BCUT2D eigenvalue weighted by molar-refractivity contribution is 0.290. The summed E-state index contributed by atoms with van der Waals surface area (Å²) in [5.41, 5.74) is 5.95. The van der Waals surface area contributed by atoms with Gasteiger partial charge in [-0.15, -0.1) is 0 Å². The molecule has 1 aromatic rings. The van der Waals surface area contributed by atoms with Crippen LogP contribution >= 0.6 is 11.6 Å². The van der Waals surface area contributed by atoms with E-state index in [1.54, 1.807) is 6.07 Å². The Kier molecular flexibility index (Phi) is 4.94. The number of benzene rings is 1. The highest BCUT2D eigenvalue weighted by molar-refractivity contribution is 7.89. The van der Waals surface area contributed by atoms with Crippen molar-refractivity contribution in [2.24, 2.45) is 11.8 Å². The van der Waals surface area contributed by atoms with Crippen LogP contribution in [0.2, 0.25) is 5.02 Å². The zero-order chi connectivity index (χ0) is 14.8. The number of rotatable bonds is 4. The van der Waals surface area contributed by atoms with E-state index in [2.05, 4.69) is 11.6 Å². The Hall–Kier alpha value is -0.780. The minimum absolute atomic E-state index is 0.0641. The molecule has 6 heteroatoms. The van der Waals surface area contributed by atoms with Gasteiger partial charge < -0.3 is 5.73 Å². The van der Waals surface area contributed by atoms with Gasteiger partial charge in [0.2, 0.25) is 10.0 Å². The van der Waals surface area contributed by atoms with Gasteiger partial charge in [0, 0.05) is 11.6 Å². The van der Waals surface area contributed by atoms with Gasteiger partial charge in [0.05, 0.1) is 5.69 Å². The highest BCUT2D eigenvalue weighted by Gasteiger charge is 2.22. The maximum Gasteiger partial charge on any atom is 0.242 e. The first-order valence-electron chi connectivity index (χ1n) is 6.93. The largest absolute Gasteiger partial charge is 0.398 e. The van der Waals surface area contributed by atoms with Crippen LogP contribution in [0.3, 0.4) is 0 Å². The topological polar surface area (TPSA) is 72.2 Å². The summed E-state index contributed by atoms with van der Waals surface area (Å²) in [7, 11) is -3.59. The van der Waals surface area contributed by atoms with Crippen LogP contribution in [0.1, 0.15) is 32.6 Å². The summed E-state index contributed by atoms with van der Waals surface area (Å²) >= 11 is 5.84. The number of nitrogens with one attached hydrogen (secondary N) is 1. The molecule has 0 spiro atoms. The van der Waals surface area contributed by atoms with Gasteiger partial charge >= 0.3 is 0 Å². The number of hydrogen-bond donors (Lipinski definition) is 2.